The van der Waals surface area contributed by atoms with Gasteiger partial charge in [0.25, 0.3) is 0 Å². The third-order valence-corrected chi connectivity index (χ3v) is 5.39. The normalized spacial score (nSPS) is 23.6. The van der Waals surface area contributed by atoms with E-state index in [0.717, 1.165) is 50.5 Å². The number of benzene rings is 1. The highest BCUT2D eigenvalue weighted by Gasteiger charge is 2.40. The quantitative estimate of drug-likeness (QED) is 0.716. The van der Waals surface area contributed by atoms with E-state index in [-0.39, 0.29) is 11.0 Å². The van der Waals surface area contributed by atoms with E-state index in [9.17, 15) is 0 Å². The smallest absolute Gasteiger partial charge is 0.0631 e. The topological polar surface area (TPSA) is 24.5 Å². The van der Waals surface area contributed by atoms with Gasteiger partial charge in [0.05, 0.1) is 5.60 Å². The van der Waals surface area contributed by atoms with Crippen molar-refractivity contribution in [2.45, 2.75) is 45.1 Å². The number of nitrogens with one attached hydrogen (secondary N) is 1. The lowest BCUT2D eigenvalue weighted by Gasteiger charge is -2.45. The van der Waals surface area contributed by atoms with E-state index >= 15 is 0 Å². The van der Waals surface area contributed by atoms with Crippen LogP contribution in [0.4, 0.5) is 0 Å². The molecule has 1 unspecified atom stereocenters. The van der Waals surface area contributed by atoms with Crippen molar-refractivity contribution < 1.29 is 4.74 Å². The van der Waals surface area contributed by atoms with Crippen molar-refractivity contribution in [3.8, 4) is 0 Å². The molecule has 1 atom stereocenters. The Morgan fingerprint density at radius 1 is 1.21 bits per heavy atom. The lowest BCUT2D eigenvalue weighted by molar-refractivity contribution is -0.107. The summed E-state index contributed by atoms with van der Waals surface area (Å²) in [7, 11) is 4.23. The molecule has 4 heteroatoms. The Hall–Kier alpha value is -0.610. The van der Waals surface area contributed by atoms with Gasteiger partial charge < -0.3 is 15.0 Å². The Morgan fingerprint density at radius 2 is 1.96 bits per heavy atom. The van der Waals surface area contributed by atoms with Crippen LogP contribution in [-0.4, -0.2) is 50.8 Å². The van der Waals surface area contributed by atoms with Crippen molar-refractivity contribution in [2.24, 2.45) is 5.41 Å². The van der Waals surface area contributed by atoms with Crippen molar-refractivity contribution in [1.82, 2.24) is 10.2 Å². The lowest BCUT2D eigenvalue weighted by atomic mass is 9.68. The van der Waals surface area contributed by atoms with Gasteiger partial charge in [-0.3, -0.25) is 0 Å². The third kappa shape index (κ3) is 6.03. The molecule has 0 saturated carbocycles. The minimum Gasteiger partial charge on any atom is -0.376 e. The summed E-state index contributed by atoms with van der Waals surface area (Å²) in [6.45, 7) is 8.44. The van der Waals surface area contributed by atoms with Crippen LogP contribution in [0.3, 0.4) is 0 Å². The van der Waals surface area contributed by atoms with Crippen LogP contribution in [0, 0.1) is 5.41 Å². The minimum atomic E-state index is -0.0524. The summed E-state index contributed by atoms with van der Waals surface area (Å²) in [5.41, 5.74) is 1.48. The molecule has 0 spiro atoms. The average Bonchev–Trinajstić information content (AvgIpc) is 2.48. The van der Waals surface area contributed by atoms with Gasteiger partial charge in [0.1, 0.15) is 0 Å². The zero-order valence-corrected chi connectivity index (χ0v) is 16.5. The first-order valence-electron chi connectivity index (χ1n) is 9.05. The summed E-state index contributed by atoms with van der Waals surface area (Å²) < 4.78 is 5.99. The van der Waals surface area contributed by atoms with Gasteiger partial charge in [-0.15, -0.1) is 0 Å². The number of hydrogen-bond donors (Lipinski definition) is 1. The Kier molecular flexibility index (Phi) is 7.11. The second-order valence-corrected chi connectivity index (χ2v) is 8.51. The number of nitrogens with zero attached hydrogens (tertiary/aromatic N) is 1. The van der Waals surface area contributed by atoms with E-state index in [2.05, 4.69) is 50.3 Å². The molecule has 1 fully saturated rings. The van der Waals surface area contributed by atoms with Crippen LogP contribution >= 0.6 is 11.6 Å². The summed E-state index contributed by atoms with van der Waals surface area (Å²) in [5, 5.41) is 4.49. The Bertz CT molecular complexity index is 518. The molecule has 1 saturated heterocycles. The average molecular weight is 353 g/mol. The molecule has 1 aliphatic rings. The van der Waals surface area contributed by atoms with Gasteiger partial charge in [-0.1, -0.05) is 29.8 Å². The molecule has 1 heterocycles. The van der Waals surface area contributed by atoms with Crippen LogP contribution in [-0.2, 0) is 11.2 Å². The van der Waals surface area contributed by atoms with E-state index in [1.165, 1.54) is 12.0 Å². The zero-order valence-electron chi connectivity index (χ0n) is 15.7. The highest BCUT2D eigenvalue weighted by atomic mass is 35.5. The molecule has 2 rings (SSSR count). The lowest BCUT2D eigenvalue weighted by Crippen LogP contribution is -2.44. The van der Waals surface area contributed by atoms with E-state index < -0.39 is 0 Å². The molecule has 0 bridgehead atoms. The van der Waals surface area contributed by atoms with Gasteiger partial charge in [-0.2, -0.15) is 0 Å². The Morgan fingerprint density at radius 3 is 2.62 bits per heavy atom. The van der Waals surface area contributed by atoms with Crippen molar-refractivity contribution in [1.29, 1.82) is 0 Å². The first-order chi connectivity index (χ1) is 11.3. The van der Waals surface area contributed by atoms with Crippen LogP contribution < -0.4 is 5.32 Å². The first-order valence-corrected chi connectivity index (χ1v) is 9.43. The van der Waals surface area contributed by atoms with E-state index in [4.69, 9.17) is 16.3 Å². The predicted molar refractivity (Wildman–Crippen MR) is 103 cm³/mol. The molecular formula is C20H33ClN2O. The highest BCUT2D eigenvalue weighted by Crippen LogP contribution is 2.44. The molecule has 1 aromatic rings. The van der Waals surface area contributed by atoms with Gasteiger partial charge in [-0.25, -0.2) is 0 Å². The summed E-state index contributed by atoms with van der Waals surface area (Å²) >= 11 is 6.44. The number of likely N-dealkylation sites (N-methyl/N-ethyl adjacent to an activating group) is 1. The number of halogens is 1. The van der Waals surface area contributed by atoms with E-state index in [0.29, 0.717) is 0 Å². The van der Waals surface area contributed by atoms with Gasteiger partial charge in [0.2, 0.25) is 0 Å². The molecule has 24 heavy (non-hydrogen) atoms. The molecule has 3 nitrogen and oxygen atoms in total. The van der Waals surface area contributed by atoms with Crippen LogP contribution in [0.15, 0.2) is 24.3 Å². The fourth-order valence-electron chi connectivity index (χ4n) is 3.87. The van der Waals surface area contributed by atoms with Crippen molar-refractivity contribution in [3.05, 3.63) is 34.9 Å². The number of rotatable bonds is 8. The highest BCUT2D eigenvalue weighted by molar-refractivity contribution is 6.31. The van der Waals surface area contributed by atoms with Crippen molar-refractivity contribution in [2.75, 3.05) is 40.3 Å². The molecule has 1 aliphatic heterocycles. The molecule has 0 radical (unpaired) electrons. The van der Waals surface area contributed by atoms with Gasteiger partial charge >= 0.3 is 0 Å². The van der Waals surface area contributed by atoms with Crippen LogP contribution in [0.2, 0.25) is 5.02 Å². The Labute approximate surface area is 152 Å². The standard InChI is InChI=1S/C20H33ClN2O/c1-19(2)16-20(10-14-24-19,9-11-22-12-13-23(3)4)15-17-7-5-6-8-18(17)21/h5-8,22H,9-16H2,1-4H3. The Balaban J connectivity index is 2.03. The van der Waals surface area contributed by atoms with Crippen LogP contribution in [0.25, 0.3) is 0 Å². The maximum absolute atomic E-state index is 6.44. The van der Waals surface area contributed by atoms with Crippen LogP contribution in [0.1, 0.15) is 38.7 Å². The van der Waals surface area contributed by atoms with Crippen molar-refractivity contribution >= 4 is 11.6 Å². The second kappa shape index (κ2) is 8.66. The molecule has 1 aromatic carbocycles. The van der Waals surface area contributed by atoms with Gasteiger partial charge in [-0.05, 0) is 77.2 Å². The van der Waals surface area contributed by atoms with Gasteiger partial charge in [0.15, 0.2) is 0 Å². The molecule has 0 aliphatic carbocycles. The SMILES string of the molecule is CN(C)CCNCCC1(Cc2ccccc2Cl)CCOC(C)(C)C1. The second-order valence-electron chi connectivity index (χ2n) is 8.11. The molecule has 0 aromatic heterocycles. The fourth-order valence-corrected chi connectivity index (χ4v) is 4.07. The largest absolute Gasteiger partial charge is 0.376 e. The molecular weight excluding hydrogens is 320 g/mol. The van der Waals surface area contributed by atoms with Gasteiger partial charge in [0, 0.05) is 24.7 Å². The van der Waals surface area contributed by atoms with Crippen molar-refractivity contribution in [3.63, 3.8) is 0 Å². The summed E-state index contributed by atoms with van der Waals surface area (Å²) in [5.74, 6) is 0. The molecule has 0 amide bonds. The van der Waals surface area contributed by atoms with Crippen LogP contribution in [0.5, 0.6) is 0 Å². The number of hydrogen-bond acceptors (Lipinski definition) is 3. The zero-order chi connectivity index (χ0) is 17.6. The predicted octanol–water partition coefficient (Wildman–Crippen LogP) is 4.00. The third-order valence-electron chi connectivity index (χ3n) is 5.02. The maximum Gasteiger partial charge on any atom is 0.0631 e. The monoisotopic (exact) mass is 352 g/mol. The summed E-state index contributed by atoms with van der Waals surface area (Å²) in [6, 6.07) is 8.28. The molecule has 1 N–H and O–H groups in total. The van der Waals surface area contributed by atoms with E-state index in [1.807, 2.05) is 12.1 Å². The number of ether oxygens (including phenoxy) is 1. The first kappa shape index (κ1) is 19.7. The maximum atomic E-state index is 6.44. The molecule has 136 valence electrons. The minimum absolute atomic E-state index is 0.0524. The summed E-state index contributed by atoms with van der Waals surface area (Å²) in [6.07, 6.45) is 4.39. The summed E-state index contributed by atoms with van der Waals surface area (Å²) in [4.78, 5) is 2.21. The van der Waals surface area contributed by atoms with E-state index in [1.54, 1.807) is 0 Å². The fraction of sp³-hybridized carbons (Fsp3) is 0.700.